The molecule has 0 aliphatic carbocycles. The third-order valence-electron chi connectivity index (χ3n) is 3.16. The SMILES string of the molecule is O=C(CSc1n[nH]c(-c2cc(Br)ccc2O)n1)Nc1cc(Cl)cc(Cl)c1. The predicted molar refractivity (Wildman–Crippen MR) is 107 cm³/mol. The van der Waals surface area contributed by atoms with E-state index in [4.69, 9.17) is 23.2 Å². The van der Waals surface area contributed by atoms with Crippen LogP contribution in [0.3, 0.4) is 0 Å². The molecular formula is C16H11BrCl2N4O2S. The Morgan fingerprint density at radius 3 is 2.69 bits per heavy atom. The lowest BCUT2D eigenvalue weighted by Gasteiger charge is -2.05. The van der Waals surface area contributed by atoms with Crippen LogP contribution in [0.25, 0.3) is 11.4 Å². The number of amides is 1. The molecule has 1 aromatic heterocycles. The lowest BCUT2D eigenvalue weighted by atomic mass is 10.2. The smallest absolute Gasteiger partial charge is 0.234 e. The Bertz CT molecular complexity index is 947. The van der Waals surface area contributed by atoms with Crippen LogP contribution in [0, 0.1) is 0 Å². The molecule has 0 saturated heterocycles. The van der Waals surface area contributed by atoms with Crippen molar-refractivity contribution in [3.8, 4) is 17.1 Å². The number of hydrogen-bond acceptors (Lipinski definition) is 5. The molecule has 26 heavy (non-hydrogen) atoms. The van der Waals surface area contributed by atoms with Crippen LogP contribution in [0.2, 0.25) is 10.0 Å². The van der Waals surface area contributed by atoms with E-state index in [2.05, 4.69) is 36.4 Å². The quantitative estimate of drug-likeness (QED) is 0.454. The van der Waals surface area contributed by atoms with Crippen LogP contribution in [-0.2, 0) is 4.79 Å². The van der Waals surface area contributed by atoms with Crippen molar-refractivity contribution in [3.05, 3.63) is 50.9 Å². The number of phenols is 1. The van der Waals surface area contributed by atoms with Crippen molar-refractivity contribution >= 4 is 62.5 Å². The topological polar surface area (TPSA) is 90.9 Å². The number of aromatic nitrogens is 3. The van der Waals surface area contributed by atoms with E-state index in [1.54, 1.807) is 36.4 Å². The lowest BCUT2D eigenvalue weighted by Crippen LogP contribution is -2.14. The van der Waals surface area contributed by atoms with Gasteiger partial charge in [-0.3, -0.25) is 9.89 Å². The summed E-state index contributed by atoms with van der Waals surface area (Å²) in [5, 5.41) is 20.7. The maximum atomic E-state index is 12.1. The molecule has 1 heterocycles. The second-order valence-electron chi connectivity index (χ2n) is 5.12. The molecule has 0 fully saturated rings. The lowest BCUT2D eigenvalue weighted by molar-refractivity contribution is -0.113. The number of aromatic hydroxyl groups is 1. The molecule has 0 spiro atoms. The van der Waals surface area contributed by atoms with E-state index in [1.807, 2.05) is 0 Å². The highest BCUT2D eigenvalue weighted by atomic mass is 79.9. The van der Waals surface area contributed by atoms with Crippen molar-refractivity contribution in [2.75, 3.05) is 11.1 Å². The first-order chi connectivity index (χ1) is 12.4. The van der Waals surface area contributed by atoms with Crippen LogP contribution < -0.4 is 5.32 Å². The number of benzene rings is 2. The number of rotatable bonds is 5. The molecule has 1 amide bonds. The molecule has 3 rings (SSSR count). The number of phenolic OH excluding ortho intramolecular Hbond substituents is 1. The molecule has 6 nitrogen and oxygen atoms in total. The van der Waals surface area contributed by atoms with Crippen LogP contribution in [0.15, 0.2) is 46.0 Å². The minimum Gasteiger partial charge on any atom is -0.507 e. The van der Waals surface area contributed by atoms with E-state index >= 15 is 0 Å². The molecule has 0 bridgehead atoms. The summed E-state index contributed by atoms with van der Waals surface area (Å²) in [7, 11) is 0. The molecule has 0 unspecified atom stereocenters. The molecular weight excluding hydrogens is 463 g/mol. The molecule has 0 saturated carbocycles. The van der Waals surface area contributed by atoms with Crippen molar-refractivity contribution in [1.29, 1.82) is 0 Å². The first-order valence-corrected chi connectivity index (χ1v) is 9.74. The number of thioether (sulfide) groups is 1. The van der Waals surface area contributed by atoms with E-state index < -0.39 is 0 Å². The molecule has 2 aromatic carbocycles. The average molecular weight is 474 g/mol. The zero-order valence-corrected chi connectivity index (χ0v) is 16.9. The molecule has 3 N–H and O–H groups in total. The Morgan fingerprint density at radius 1 is 1.23 bits per heavy atom. The van der Waals surface area contributed by atoms with Crippen molar-refractivity contribution in [2.45, 2.75) is 5.16 Å². The van der Waals surface area contributed by atoms with Gasteiger partial charge in [0.1, 0.15) is 5.75 Å². The van der Waals surface area contributed by atoms with Crippen molar-refractivity contribution < 1.29 is 9.90 Å². The normalized spacial score (nSPS) is 10.7. The highest BCUT2D eigenvalue weighted by Gasteiger charge is 2.12. The summed E-state index contributed by atoms with van der Waals surface area (Å²) in [6, 6.07) is 9.80. The Labute approximate surface area is 171 Å². The highest BCUT2D eigenvalue weighted by molar-refractivity contribution is 9.10. The Balaban J connectivity index is 1.62. The van der Waals surface area contributed by atoms with Crippen LogP contribution in [0.5, 0.6) is 5.75 Å². The number of halogens is 3. The fraction of sp³-hybridized carbons (Fsp3) is 0.0625. The van der Waals surface area contributed by atoms with Crippen molar-refractivity contribution in [3.63, 3.8) is 0 Å². The standard InChI is InChI=1S/C16H11BrCl2N4O2S/c17-8-1-2-13(24)12(3-8)15-21-16(23-22-15)26-7-14(25)20-11-5-9(18)4-10(19)6-11/h1-6,24H,7H2,(H,20,25)(H,21,22,23). The van der Waals surface area contributed by atoms with Gasteiger partial charge in [-0.25, -0.2) is 4.98 Å². The third kappa shape index (κ3) is 4.91. The van der Waals surface area contributed by atoms with Gasteiger partial charge in [-0.15, -0.1) is 5.10 Å². The summed E-state index contributed by atoms with van der Waals surface area (Å²) < 4.78 is 0.801. The number of carbonyl (C=O) groups is 1. The summed E-state index contributed by atoms with van der Waals surface area (Å²) >= 11 is 16.3. The number of carbonyl (C=O) groups excluding carboxylic acids is 1. The summed E-state index contributed by atoms with van der Waals surface area (Å²) in [6.45, 7) is 0. The van der Waals surface area contributed by atoms with Gasteiger partial charge in [0.15, 0.2) is 5.82 Å². The third-order valence-corrected chi connectivity index (χ3v) is 4.93. The fourth-order valence-electron chi connectivity index (χ4n) is 2.08. The van der Waals surface area contributed by atoms with E-state index in [0.717, 1.165) is 16.2 Å². The van der Waals surface area contributed by atoms with E-state index in [0.29, 0.717) is 32.3 Å². The zero-order chi connectivity index (χ0) is 18.7. The number of H-pyrrole nitrogens is 1. The van der Waals surface area contributed by atoms with Gasteiger partial charge in [0.05, 0.1) is 11.3 Å². The number of nitrogens with one attached hydrogen (secondary N) is 2. The van der Waals surface area contributed by atoms with Gasteiger partial charge in [0.2, 0.25) is 11.1 Å². The monoisotopic (exact) mass is 472 g/mol. The summed E-state index contributed by atoms with van der Waals surface area (Å²) in [6.07, 6.45) is 0. The Morgan fingerprint density at radius 2 is 1.96 bits per heavy atom. The van der Waals surface area contributed by atoms with E-state index in [1.165, 1.54) is 0 Å². The van der Waals surface area contributed by atoms with Crippen LogP contribution in [0.4, 0.5) is 5.69 Å². The van der Waals surface area contributed by atoms with Crippen LogP contribution in [0.1, 0.15) is 0 Å². The van der Waals surface area contributed by atoms with Gasteiger partial charge in [0.25, 0.3) is 0 Å². The Kier molecular flexibility index (Phi) is 6.08. The molecule has 3 aromatic rings. The van der Waals surface area contributed by atoms with Crippen LogP contribution >= 0.6 is 50.9 Å². The van der Waals surface area contributed by atoms with Crippen LogP contribution in [-0.4, -0.2) is 31.9 Å². The maximum Gasteiger partial charge on any atom is 0.234 e. The van der Waals surface area contributed by atoms with Gasteiger partial charge >= 0.3 is 0 Å². The second kappa shape index (κ2) is 8.30. The molecule has 0 aliphatic rings. The summed E-state index contributed by atoms with van der Waals surface area (Å²) in [4.78, 5) is 16.3. The molecule has 10 heteroatoms. The minimum absolute atomic E-state index is 0.0801. The van der Waals surface area contributed by atoms with Gasteiger partial charge < -0.3 is 10.4 Å². The first kappa shape index (κ1) is 19.0. The number of nitrogens with zero attached hydrogens (tertiary/aromatic N) is 2. The molecule has 0 radical (unpaired) electrons. The molecule has 134 valence electrons. The van der Waals surface area contributed by atoms with E-state index in [9.17, 15) is 9.90 Å². The van der Waals surface area contributed by atoms with Crippen molar-refractivity contribution in [2.24, 2.45) is 0 Å². The first-order valence-electron chi connectivity index (χ1n) is 7.21. The second-order valence-corrected chi connectivity index (χ2v) is 7.85. The maximum absolute atomic E-state index is 12.1. The zero-order valence-electron chi connectivity index (χ0n) is 13.0. The largest absolute Gasteiger partial charge is 0.507 e. The average Bonchev–Trinajstić information content (AvgIpc) is 3.03. The fourth-order valence-corrected chi connectivity index (χ4v) is 3.57. The molecule has 0 atom stereocenters. The van der Waals surface area contributed by atoms with E-state index in [-0.39, 0.29) is 17.4 Å². The number of hydrogen-bond donors (Lipinski definition) is 3. The predicted octanol–water partition coefficient (Wildman–Crippen LogP) is 4.98. The Hall–Kier alpha value is -1.74. The van der Waals surface area contributed by atoms with Gasteiger partial charge in [-0.05, 0) is 36.4 Å². The highest BCUT2D eigenvalue weighted by Crippen LogP contribution is 2.30. The van der Waals surface area contributed by atoms with Gasteiger partial charge in [0, 0.05) is 20.2 Å². The summed E-state index contributed by atoms with van der Waals surface area (Å²) in [5.41, 5.74) is 1.03. The van der Waals surface area contributed by atoms with Crippen molar-refractivity contribution in [1.82, 2.24) is 15.2 Å². The number of aromatic amines is 1. The van der Waals surface area contributed by atoms with Gasteiger partial charge in [-0.2, -0.15) is 0 Å². The molecule has 0 aliphatic heterocycles. The number of anilines is 1. The van der Waals surface area contributed by atoms with Gasteiger partial charge in [-0.1, -0.05) is 50.9 Å². The summed E-state index contributed by atoms with van der Waals surface area (Å²) in [5.74, 6) is 0.348. The minimum atomic E-state index is -0.245.